The van der Waals surface area contributed by atoms with Crippen LogP contribution in [0, 0.1) is 23.0 Å². The van der Waals surface area contributed by atoms with Gasteiger partial charge in [0, 0.05) is 23.4 Å². The predicted octanol–water partition coefficient (Wildman–Crippen LogP) is 2.81. The number of nitro groups is 1. The Kier molecular flexibility index (Phi) is 3.42. The Bertz CT molecular complexity index is 536. The quantitative estimate of drug-likeness (QED) is 0.644. The smallest absolute Gasteiger partial charge is 0.336 e. The molecule has 0 aliphatic heterocycles. The Labute approximate surface area is 110 Å². The molecule has 0 radical (unpaired) electrons. The van der Waals surface area contributed by atoms with E-state index in [-0.39, 0.29) is 17.3 Å². The SMILES string of the molecule is Cc1c(NC2CC(C)C2)cc(C(=O)O)cc1[N+](=O)[O-]. The van der Waals surface area contributed by atoms with Gasteiger partial charge in [-0.05, 0) is 31.7 Å². The van der Waals surface area contributed by atoms with Gasteiger partial charge in [0.15, 0.2) is 0 Å². The van der Waals surface area contributed by atoms with Crippen molar-refractivity contribution >= 4 is 17.3 Å². The van der Waals surface area contributed by atoms with E-state index in [4.69, 9.17) is 5.11 Å². The number of hydrogen-bond donors (Lipinski definition) is 2. The molecule has 0 unspecified atom stereocenters. The van der Waals surface area contributed by atoms with Gasteiger partial charge >= 0.3 is 5.97 Å². The van der Waals surface area contributed by atoms with Crippen LogP contribution in [0.25, 0.3) is 0 Å². The number of carbonyl (C=O) groups is 1. The number of nitrogens with zero attached hydrogens (tertiary/aromatic N) is 1. The molecular formula is C13H16N2O4. The summed E-state index contributed by atoms with van der Waals surface area (Å²) in [6.07, 6.45) is 2.01. The van der Waals surface area contributed by atoms with Crippen LogP contribution in [0.4, 0.5) is 11.4 Å². The van der Waals surface area contributed by atoms with Crippen LogP contribution in [-0.2, 0) is 0 Å². The molecule has 6 nitrogen and oxygen atoms in total. The highest BCUT2D eigenvalue weighted by atomic mass is 16.6. The van der Waals surface area contributed by atoms with Crippen molar-refractivity contribution in [1.29, 1.82) is 0 Å². The summed E-state index contributed by atoms with van der Waals surface area (Å²) in [6.45, 7) is 3.77. The first kappa shape index (κ1) is 13.3. The van der Waals surface area contributed by atoms with E-state index in [9.17, 15) is 14.9 Å². The lowest BCUT2D eigenvalue weighted by atomic mass is 9.81. The zero-order valence-corrected chi connectivity index (χ0v) is 10.8. The predicted molar refractivity (Wildman–Crippen MR) is 70.6 cm³/mol. The number of hydrogen-bond acceptors (Lipinski definition) is 4. The number of aromatic carboxylic acids is 1. The Hall–Kier alpha value is -2.11. The lowest BCUT2D eigenvalue weighted by Crippen LogP contribution is -2.34. The third kappa shape index (κ3) is 2.67. The van der Waals surface area contributed by atoms with Crippen molar-refractivity contribution in [3.63, 3.8) is 0 Å². The van der Waals surface area contributed by atoms with Gasteiger partial charge in [-0.3, -0.25) is 10.1 Å². The molecule has 0 heterocycles. The van der Waals surface area contributed by atoms with Crippen LogP contribution >= 0.6 is 0 Å². The van der Waals surface area contributed by atoms with Gasteiger partial charge in [-0.15, -0.1) is 0 Å². The van der Waals surface area contributed by atoms with E-state index >= 15 is 0 Å². The number of carboxylic acid groups (broad SMARTS) is 1. The van der Waals surface area contributed by atoms with Gasteiger partial charge in [0.2, 0.25) is 0 Å². The van der Waals surface area contributed by atoms with Crippen molar-refractivity contribution in [2.75, 3.05) is 5.32 Å². The van der Waals surface area contributed by atoms with Crippen molar-refractivity contribution in [2.45, 2.75) is 32.7 Å². The van der Waals surface area contributed by atoms with E-state index in [1.54, 1.807) is 6.92 Å². The topological polar surface area (TPSA) is 92.5 Å². The van der Waals surface area contributed by atoms with E-state index in [1.165, 1.54) is 6.07 Å². The third-order valence-electron chi connectivity index (χ3n) is 3.56. The van der Waals surface area contributed by atoms with Crippen molar-refractivity contribution in [3.05, 3.63) is 33.4 Å². The van der Waals surface area contributed by atoms with Crippen molar-refractivity contribution < 1.29 is 14.8 Å². The minimum Gasteiger partial charge on any atom is -0.478 e. The molecule has 0 amide bonds. The minimum absolute atomic E-state index is 0.0628. The monoisotopic (exact) mass is 264 g/mol. The maximum absolute atomic E-state index is 11.0. The number of rotatable bonds is 4. The number of nitro benzene ring substituents is 1. The number of carboxylic acids is 1. The molecule has 0 saturated heterocycles. The summed E-state index contributed by atoms with van der Waals surface area (Å²) >= 11 is 0. The first-order chi connectivity index (χ1) is 8.88. The van der Waals surface area contributed by atoms with Gasteiger partial charge in [0.25, 0.3) is 5.69 Å². The summed E-state index contributed by atoms with van der Waals surface area (Å²) in [7, 11) is 0. The molecule has 0 aromatic heterocycles. The fourth-order valence-electron chi connectivity index (χ4n) is 2.40. The van der Waals surface area contributed by atoms with Gasteiger partial charge in [0.05, 0.1) is 10.5 Å². The van der Waals surface area contributed by atoms with Gasteiger partial charge in [-0.25, -0.2) is 4.79 Å². The summed E-state index contributed by atoms with van der Waals surface area (Å²) in [6, 6.07) is 2.84. The summed E-state index contributed by atoms with van der Waals surface area (Å²) in [5, 5.41) is 23.2. The minimum atomic E-state index is -1.16. The second kappa shape index (κ2) is 4.87. The fraction of sp³-hybridized carbons (Fsp3) is 0.462. The molecule has 102 valence electrons. The summed E-state index contributed by atoms with van der Waals surface area (Å²) < 4.78 is 0. The van der Waals surface area contributed by atoms with Gasteiger partial charge in [0.1, 0.15) is 0 Å². The van der Waals surface area contributed by atoms with Crippen LogP contribution in [0.1, 0.15) is 35.7 Å². The Morgan fingerprint density at radius 3 is 2.58 bits per heavy atom. The number of benzene rings is 1. The molecule has 0 spiro atoms. The van der Waals surface area contributed by atoms with Crippen LogP contribution in [0.2, 0.25) is 0 Å². The highest BCUT2D eigenvalue weighted by Crippen LogP contribution is 2.33. The van der Waals surface area contributed by atoms with Crippen LogP contribution < -0.4 is 5.32 Å². The zero-order valence-electron chi connectivity index (χ0n) is 10.8. The average molecular weight is 264 g/mol. The molecule has 1 fully saturated rings. The molecule has 1 aromatic rings. The second-order valence-electron chi connectivity index (χ2n) is 5.15. The molecular weight excluding hydrogens is 248 g/mol. The van der Waals surface area contributed by atoms with Crippen molar-refractivity contribution in [3.8, 4) is 0 Å². The van der Waals surface area contributed by atoms with E-state index in [1.807, 2.05) is 0 Å². The summed E-state index contributed by atoms with van der Waals surface area (Å²) in [4.78, 5) is 21.4. The zero-order chi connectivity index (χ0) is 14.2. The number of nitrogens with one attached hydrogen (secondary N) is 1. The van der Waals surface area contributed by atoms with E-state index in [2.05, 4.69) is 12.2 Å². The van der Waals surface area contributed by atoms with Crippen molar-refractivity contribution in [2.24, 2.45) is 5.92 Å². The largest absolute Gasteiger partial charge is 0.478 e. The van der Waals surface area contributed by atoms with E-state index in [0.717, 1.165) is 18.9 Å². The molecule has 1 aliphatic rings. The highest BCUT2D eigenvalue weighted by molar-refractivity contribution is 5.90. The molecule has 2 N–H and O–H groups in total. The van der Waals surface area contributed by atoms with Gasteiger partial charge in [-0.2, -0.15) is 0 Å². The molecule has 1 aromatic carbocycles. The van der Waals surface area contributed by atoms with Crippen molar-refractivity contribution in [1.82, 2.24) is 0 Å². The maximum atomic E-state index is 11.0. The Morgan fingerprint density at radius 1 is 1.47 bits per heavy atom. The van der Waals surface area contributed by atoms with Crippen LogP contribution in [0.3, 0.4) is 0 Å². The summed E-state index contributed by atoms with van der Waals surface area (Å²) in [5.41, 5.74) is 0.806. The van der Waals surface area contributed by atoms with Gasteiger partial charge in [-0.1, -0.05) is 6.92 Å². The molecule has 19 heavy (non-hydrogen) atoms. The van der Waals surface area contributed by atoms with Crippen LogP contribution in [0.5, 0.6) is 0 Å². The Balaban J connectivity index is 2.35. The van der Waals surface area contributed by atoms with E-state index < -0.39 is 10.9 Å². The normalized spacial score (nSPS) is 21.6. The lowest BCUT2D eigenvalue weighted by Gasteiger charge is -2.34. The van der Waals surface area contributed by atoms with Gasteiger partial charge < -0.3 is 10.4 Å². The Morgan fingerprint density at radius 2 is 2.11 bits per heavy atom. The fourth-order valence-corrected chi connectivity index (χ4v) is 2.40. The molecule has 1 aliphatic carbocycles. The van der Waals surface area contributed by atoms with Crippen LogP contribution in [-0.4, -0.2) is 22.0 Å². The molecule has 2 rings (SSSR count). The van der Waals surface area contributed by atoms with Crippen LogP contribution in [0.15, 0.2) is 12.1 Å². The average Bonchev–Trinajstić information content (AvgIpc) is 2.28. The molecule has 6 heteroatoms. The van der Waals surface area contributed by atoms with E-state index in [0.29, 0.717) is 17.2 Å². The standard InChI is InChI=1S/C13H16N2O4/c1-7-3-10(4-7)14-11-5-9(13(16)17)6-12(8(11)2)15(18)19/h5-7,10,14H,3-4H2,1-2H3,(H,16,17). The number of anilines is 1. The lowest BCUT2D eigenvalue weighted by molar-refractivity contribution is -0.385. The highest BCUT2D eigenvalue weighted by Gasteiger charge is 2.27. The summed E-state index contributed by atoms with van der Waals surface area (Å²) in [5.74, 6) is -0.511. The maximum Gasteiger partial charge on any atom is 0.336 e. The third-order valence-corrected chi connectivity index (χ3v) is 3.56. The molecule has 0 bridgehead atoms. The molecule has 0 atom stereocenters. The first-order valence-electron chi connectivity index (χ1n) is 6.17. The first-order valence-corrected chi connectivity index (χ1v) is 6.17. The second-order valence-corrected chi connectivity index (χ2v) is 5.15. The molecule has 1 saturated carbocycles.